The zero-order valence-electron chi connectivity index (χ0n) is 14.4. The average Bonchev–Trinajstić information content (AvgIpc) is 3.06. The number of benzene rings is 1. The van der Waals surface area contributed by atoms with Crippen molar-refractivity contribution in [3.63, 3.8) is 0 Å². The van der Waals surface area contributed by atoms with Gasteiger partial charge in [0.1, 0.15) is 22.9 Å². The highest BCUT2D eigenvalue weighted by Crippen LogP contribution is 2.39. The van der Waals surface area contributed by atoms with Gasteiger partial charge in [0.15, 0.2) is 5.84 Å². The molecule has 0 aliphatic carbocycles. The largest absolute Gasteiger partial charge is 0.508 e. The van der Waals surface area contributed by atoms with Crippen LogP contribution in [-0.2, 0) is 7.05 Å². The summed E-state index contributed by atoms with van der Waals surface area (Å²) in [5, 5.41) is 30.6. The average molecular weight is 341 g/mol. The molecule has 8 nitrogen and oxygen atoms in total. The van der Waals surface area contributed by atoms with Crippen molar-refractivity contribution in [2.45, 2.75) is 20.8 Å². The number of aryl methyl sites for hydroxylation is 4. The predicted octanol–water partition coefficient (Wildman–Crippen LogP) is 2.47. The van der Waals surface area contributed by atoms with E-state index in [9.17, 15) is 10.3 Å². The number of amidine groups is 1. The minimum atomic E-state index is -0.0623. The lowest BCUT2D eigenvalue weighted by Crippen LogP contribution is -2.18. The molecular formula is C17H19N5O3. The number of oxime groups is 1. The zero-order chi connectivity index (χ0) is 18.3. The Balaban J connectivity index is 2.41. The number of phenols is 1. The number of hydrogen-bond acceptors (Lipinski definition) is 6. The van der Waals surface area contributed by atoms with Crippen LogP contribution in [-0.4, -0.2) is 31.1 Å². The minimum Gasteiger partial charge on any atom is -0.508 e. The van der Waals surface area contributed by atoms with Gasteiger partial charge in [-0.3, -0.25) is 4.68 Å². The second-order valence-corrected chi connectivity index (χ2v) is 5.88. The molecule has 0 aliphatic rings. The molecule has 0 bridgehead atoms. The third kappa shape index (κ3) is 2.61. The third-order valence-electron chi connectivity index (χ3n) is 4.15. The first-order valence-electron chi connectivity index (χ1n) is 7.63. The fourth-order valence-electron chi connectivity index (χ4n) is 3.04. The molecule has 0 amide bonds. The minimum absolute atomic E-state index is 0.0623. The molecule has 8 heteroatoms. The van der Waals surface area contributed by atoms with Gasteiger partial charge in [-0.1, -0.05) is 10.3 Å². The van der Waals surface area contributed by atoms with Crippen LogP contribution in [0.4, 0.5) is 0 Å². The molecule has 0 saturated carbocycles. The Hall–Kier alpha value is -3.29. The van der Waals surface area contributed by atoms with Gasteiger partial charge >= 0.3 is 0 Å². The lowest BCUT2D eigenvalue weighted by molar-refractivity contribution is 0.318. The number of nitrogens with two attached hydrogens (primary N) is 1. The van der Waals surface area contributed by atoms with E-state index in [0.29, 0.717) is 28.4 Å². The molecular weight excluding hydrogens is 322 g/mol. The molecule has 0 saturated heterocycles. The van der Waals surface area contributed by atoms with Crippen LogP contribution >= 0.6 is 0 Å². The van der Waals surface area contributed by atoms with Gasteiger partial charge in [-0.15, -0.1) is 0 Å². The predicted molar refractivity (Wildman–Crippen MR) is 92.5 cm³/mol. The van der Waals surface area contributed by atoms with Crippen molar-refractivity contribution in [3.8, 4) is 28.1 Å². The molecule has 2 aromatic heterocycles. The summed E-state index contributed by atoms with van der Waals surface area (Å²) in [7, 11) is 1.72. The Bertz CT molecular complexity index is 965. The monoisotopic (exact) mass is 341 g/mol. The van der Waals surface area contributed by atoms with Crippen LogP contribution in [0.3, 0.4) is 0 Å². The topological polar surface area (TPSA) is 123 Å². The van der Waals surface area contributed by atoms with Gasteiger partial charge in [-0.05, 0) is 44.5 Å². The quantitative estimate of drug-likeness (QED) is 0.291. The van der Waals surface area contributed by atoms with E-state index >= 15 is 0 Å². The van der Waals surface area contributed by atoms with Crippen molar-refractivity contribution in [1.29, 1.82) is 0 Å². The molecule has 1 aromatic carbocycles. The number of rotatable bonds is 3. The van der Waals surface area contributed by atoms with Crippen LogP contribution in [0.1, 0.15) is 22.7 Å². The molecule has 25 heavy (non-hydrogen) atoms. The highest BCUT2D eigenvalue weighted by Gasteiger charge is 2.27. The van der Waals surface area contributed by atoms with Gasteiger partial charge < -0.3 is 20.6 Å². The van der Waals surface area contributed by atoms with E-state index in [1.165, 1.54) is 0 Å². The second kappa shape index (κ2) is 5.97. The lowest BCUT2D eigenvalue weighted by Gasteiger charge is -2.08. The summed E-state index contributed by atoms with van der Waals surface area (Å²) in [6, 6.07) is 5.03. The molecule has 3 aromatic rings. The normalized spacial score (nSPS) is 11.9. The molecule has 0 fully saturated rings. The van der Waals surface area contributed by atoms with Crippen molar-refractivity contribution in [2.75, 3.05) is 0 Å². The Kier molecular flexibility index (Phi) is 3.96. The molecule has 0 spiro atoms. The first-order chi connectivity index (χ1) is 11.8. The summed E-state index contributed by atoms with van der Waals surface area (Å²) >= 11 is 0. The SMILES string of the molecule is Cc1cc(O)ccc1-c1nn(C)c(/C(N)=N/O)c1-c1c(C)noc1C. The van der Waals surface area contributed by atoms with Crippen LogP contribution in [0.2, 0.25) is 0 Å². The van der Waals surface area contributed by atoms with Crippen molar-refractivity contribution in [2.24, 2.45) is 17.9 Å². The summed E-state index contributed by atoms with van der Waals surface area (Å²) < 4.78 is 6.85. The van der Waals surface area contributed by atoms with Gasteiger partial charge in [-0.25, -0.2) is 0 Å². The molecule has 3 rings (SSSR count). The smallest absolute Gasteiger partial charge is 0.189 e. The first kappa shape index (κ1) is 16.6. The van der Waals surface area contributed by atoms with Gasteiger partial charge in [0.05, 0.1) is 11.3 Å². The van der Waals surface area contributed by atoms with Crippen LogP contribution in [0, 0.1) is 20.8 Å². The second-order valence-electron chi connectivity index (χ2n) is 5.88. The maximum Gasteiger partial charge on any atom is 0.189 e. The standard InChI is InChI=1S/C17H19N5O3/c1-8-7-11(23)5-6-12(8)15-14(13-9(2)21-25-10(13)3)16(17(18)20-24)22(4)19-15/h5-7,23-24H,1-4H3,(H2,18,20). The van der Waals surface area contributed by atoms with E-state index in [0.717, 1.165) is 16.7 Å². The fraction of sp³-hybridized carbons (Fsp3) is 0.235. The Labute approximate surface area is 144 Å². The molecule has 0 aliphatic heterocycles. The number of aromatic nitrogens is 3. The highest BCUT2D eigenvalue weighted by atomic mass is 16.5. The Morgan fingerprint density at radius 3 is 2.52 bits per heavy atom. The van der Waals surface area contributed by atoms with Crippen molar-refractivity contribution >= 4 is 5.84 Å². The molecule has 0 radical (unpaired) electrons. The molecule has 130 valence electrons. The zero-order valence-corrected chi connectivity index (χ0v) is 14.4. The van der Waals surface area contributed by atoms with Crippen LogP contribution < -0.4 is 5.73 Å². The van der Waals surface area contributed by atoms with E-state index < -0.39 is 0 Å². The van der Waals surface area contributed by atoms with E-state index in [-0.39, 0.29) is 11.6 Å². The lowest BCUT2D eigenvalue weighted by atomic mass is 9.95. The van der Waals surface area contributed by atoms with Crippen molar-refractivity contribution in [1.82, 2.24) is 14.9 Å². The molecule has 0 unspecified atom stereocenters. The summed E-state index contributed by atoms with van der Waals surface area (Å²) in [6.07, 6.45) is 0. The number of nitrogens with zero attached hydrogens (tertiary/aromatic N) is 4. The van der Waals surface area contributed by atoms with E-state index in [1.807, 2.05) is 13.8 Å². The summed E-state index contributed by atoms with van der Waals surface area (Å²) in [5.74, 6) is 0.718. The van der Waals surface area contributed by atoms with E-state index in [1.54, 1.807) is 36.9 Å². The van der Waals surface area contributed by atoms with Crippen molar-refractivity contribution < 1.29 is 14.8 Å². The number of hydrogen-bond donors (Lipinski definition) is 3. The summed E-state index contributed by atoms with van der Waals surface area (Å²) in [5.41, 5.74) is 10.8. The van der Waals surface area contributed by atoms with Gasteiger partial charge in [0.2, 0.25) is 0 Å². The van der Waals surface area contributed by atoms with Crippen LogP contribution in [0.5, 0.6) is 5.75 Å². The molecule has 2 heterocycles. The maximum atomic E-state index is 9.69. The van der Waals surface area contributed by atoms with E-state index in [2.05, 4.69) is 15.4 Å². The third-order valence-corrected chi connectivity index (χ3v) is 4.15. The number of phenolic OH excluding ortho intramolecular Hbond substituents is 1. The van der Waals surface area contributed by atoms with Gasteiger partial charge in [0.25, 0.3) is 0 Å². The van der Waals surface area contributed by atoms with Gasteiger partial charge in [0, 0.05) is 18.2 Å². The fourth-order valence-corrected chi connectivity index (χ4v) is 3.04. The van der Waals surface area contributed by atoms with E-state index in [4.69, 9.17) is 10.3 Å². The highest BCUT2D eigenvalue weighted by molar-refractivity contribution is 6.05. The summed E-state index contributed by atoms with van der Waals surface area (Å²) in [6.45, 7) is 5.50. The first-order valence-corrected chi connectivity index (χ1v) is 7.63. The molecule has 0 atom stereocenters. The Morgan fingerprint density at radius 1 is 1.24 bits per heavy atom. The van der Waals surface area contributed by atoms with Gasteiger partial charge in [-0.2, -0.15) is 5.10 Å². The van der Waals surface area contributed by atoms with Crippen LogP contribution in [0.15, 0.2) is 27.9 Å². The summed E-state index contributed by atoms with van der Waals surface area (Å²) in [4.78, 5) is 0. The van der Waals surface area contributed by atoms with Crippen molar-refractivity contribution in [3.05, 3.63) is 40.9 Å². The molecule has 4 N–H and O–H groups in total. The maximum absolute atomic E-state index is 9.69. The number of aromatic hydroxyl groups is 1. The Morgan fingerprint density at radius 2 is 1.96 bits per heavy atom. The van der Waals surface area contributed by atoms with Crippen LogP contribution in [0.25, 0.3) is 22.4 Å².